The monoisotopic (exact) mass is 402 g/mol. The summed E-state index contributed by atoms with van der Waals surface area (Å²) in [5, 5.41) is 3.82. The fourth-order valence-electron chi connectivity index (χ4n) is 3.97. The van der Waals surface area contributed by atoms with Gasteiger partial charge >= 0.3 is 0 Å². The molecule has 5 nitrogen and oxygen atoms in total. The number of likely N-dealkylation sites (tertiary alicyclic amines) is 1. The van der Waals surface area contributed by atoms with Crippen molar-refractivity contribution in [3.05, 3.63) is 47.2 Å². The highest BCUT2D eigenvalue weighted by Crippen LogP contribution is 2.30. The Labute approximate surface area is 171 Å². The van der Waals surface area contributed by atoms with E-state index >= 15 is 0 Å². The molecule has 1 atom stereocenters. The molecule has 0 bridgehead atoms. The summed E-state index contributed by atoms with van der Waals surface area (Å²) in [5.41, 5.74) is 0.928. The molecular formula is C22H27ClN2O3. The predicted octanol–water partition coefficient (Wildman–Crippen LogP) is 3.96. The lowest BCUT2D eigenvalue weighted by atomic mass is 9.96. The Hall–Kier alpha value is -1.82. The van der Waals surface area contributed by atoms with Gasteiger partial charge in [-0.2, -0.15) is 0 Å². The second-order valence-electron chi connectivity index (χ2n) is 7.77. The van der Waals surface area contributed by atoms with Crippen molar-refractivity contribution in [2.75, 3.05) is 32.8 Å². The number of rotatable bonds is 6. The number of nitrogens with zero attached hydrogens (tertiary/aromatic N) is 1. The van der Waals surface area contributed by atoms with Gasteiger partial charge in [-0.1, -0.05) is 23.7 Å². The van der Waals surface area contributed by atoms with Gasteiger partial charge in [-0.25, -0.2) is 0 Å². The average molecular weight is 403 g/mol. The normalized spacial score (nSPS) is 21.1. The first-order valence-electron chi connectivity index (χ1n) is 10.1. The number of furan rings is 1. The lowest BCUT2D eigenvalue weighted by molar-refractivity contribution is -0.125. The summed E-state index contributed by atoms with van der Waals surface area (Å²) >= 11 is 6.26. The Kier molecular flexibility index (Phi) is 6.35. The van der Waals surface area contributed by atoms with Crippen molar-refractivity contribution in [1.29, 1.82) is 0 Å². The number of nitrogens with one attached hydrogen (secondary N) is 1. The van der Waals surface area contributed by atoms with Gasteiger partial charge in [0, 0.05) is 18.7 Å². The molecule has 150 valence electrons. The largest absolute Gasteiger partial charge is 0.460 e. The topological polar surface area (TPSA) is 54.7 Å². The maximum Gasteiger partial charge on any atom is 0.225 e. The summed E-state index contributed by atoms with van der Waals surface area (Å²) < 4.78 is 11.3. The molecule has 3 heterocycles. The van der Waals surface area contributed by atoms with Crippen molar-refractivity contribution in [3.63, 3.8) is 0 Å². The molecule has 0 saturated carbocycles. The molecule has 6 heteroatoms. The third kappa shape index (κ3) is 4.77. The van der Waals surface area contributed by atoms with E-state index in [-0.39, 0.29) is 11.8 Å². The third-order valence-electron chi connectivity index (χ3n) is 5.75. The number of piperidine rings is 1. The first-order valence-corrected chi connectivity index (χ1v) is 10.5. The first kappa shape index (κ1) is 19.5. The molecule has 4 rings (SSSR count). The molecule has 2 aromatic rings. The van der Waals surface area contributed by atoms with Gasteiger partial charge in [-0.15, -0.1) is 0 Å². The molecule has 0 radical (unpaired) electrons. The Balaban J connectivity index is 1.22. The van der Waals surface area contributed by atoms with E-state index in [1.165, 1.54) is 0 Å². The number of carbonyl (C=O) groups is 1. The molecule has 28 heavy (non-hydrogen) atoms. The second kappa shape index (κ2) is 9.12. The zero-order valence-electron chi connectivity index (χ0n) is 16.0. The van der Waals surface area contributed by atoms with Gasteiger partial charge in [-0.05, 0) is 62.5 Å². The molecule has 2 saturated heterocycles. The molecule has 2 aliphatic rings. The maximum absolute atomic E-state index is 12.1. The van der Waals surface area contributed by atoms with Crippen molar-refractivity contribution in [3.8, 4) is 11.3 Å². The molecule has 1 amide bonds. The maximum atomic E-state index is 12.1. The van der Waals surface area contributed by atoms with Gasteiger partial charge < -0.3 is 14.5 Å². The van der Waals surface area contributed by atoms with E-state index in [4.69, 9.17) is 20.8 Å². The van der Waals surface area contributed by atoms with Crippen LogP contribution < -0.4 is 5.32 Å². The smallest absolute Gasteiger partial charge is 0.225 e. The molecule has 1 unspecified atom stereocenters. The lowest BCUT2D eigenvalue weighted by Gasteiger charge is -2.31. The molecule has 1 aromatic carbocycles. The van der Waals surface area contributed by atoms with Crippen LogP contribution >= 0.6 is 11.6 Å². The number of halogens is 1. The Morgan fingerprint density at radius 1 is 1.14 bits per heavy atom. The van der Waals surface area contributed by atoms with E-state index in [1.54, 1.807) is 0 Å². The third-order valence-corrected chi connectivity index (χ3v) is 6.08. The molecule has 2 fully saturated rings. The van der Waals surface area contributed by atoms with Crippen LogP contribution in [0, 0.1) is 11.8 Å². The van der Waals surface area contributed by atoms with E-state index in [1.807, 2.05) is 36.4 Å². The molecular weight excluding hydrogens is 376 g/mol. The molecule has 0 spiro atoms. The van der Waals surface area contributed by atoms with Gasteiger partial charge in [0.1, 0.15) is 11.5 Å². The first-order chi connectivity index (χ1) is 13.7. The summed E-state index contributed by atoms with van der Waals surface area (Å²) in [4.78, 5) is 14.5. The fraction of sp³-hybridized carbons (Fsp3) is 0.500. The van der Waals surface area contributed by atoms with Crippen molar-refractivity contribution < 1.29 is 13.9 Å². The molecule has 2 aliphatic heterocycles. The van der Waals surface area contributed by atoms with Crippen LogP contribution in [0.15, 0.2) is 40.8 Å². The van der Waals surface area contributed by atoms with Gasteiger partial charge in [-0.3, -0.25) is 9.69 Å². The zero-order valence-corrected chi connectivity index (χ0v) is 16.8. The second-order valence-corrected chi connectivity index (χ2v) is 8.18. The van der Waals surface area contributed by atoms with Crippen LogP contribution in [-0.4, -0.2) is 43.7 Å². The lowest BCUT2D eigenvalue weighted by Crippen LogP contribution is -2.40. The van der Waals surface area contributed by atoms with Crippen molar-refractivity contribution in [1.82, 2.24) is 10.2 Å². The standard InChI is InChI=1S/C22H27ClN2O3/c23-20-4-2-1-3-19(20)21-6-5-18(28-21)14-25-10-7-16(8-11-25)13-24-22(26)17-9-12-27-15-17/h1-6,16-17H,7-15H2,(H,24,26). The molecule has 1 N–H and O–H groups in total. The van der Waals surface area contributed by atoms with E-state index in [0.29, 0.717) is 24.2 Å². The van der Waals surface area contributed by atoms with E-state index in [9.17, 15) is 4.79 Å². The van der Waals surface area contributed by atoms with Gasteiger partial charge in [0.25, 0.3) is 0 Å². The van der Waals surface area contributed by atoms with Crippen LogP contribution in [0.4, 0.5) is 0 Å². The van der Waals surface area contributed by atoms with E-state index < -0.39 is 0 Å². The highest BCUT2D eigenvalue weighted by molar-refractivity contribution is 6.33. The van der Waals surface area contributed by atoms with Crippen LogP contribution in [0.5, 0.6) is 0 Å². The van der Waals surface area contributed by atoms with Gasteiger partial charge in [0.2, 0.25) is 5.91 Å². The predicted molar refractivity (Wildman–Crippen MR) is 109 cm³/mol. The highest BCUT2D eigenvalue weighted by Gasteiger charge is 2.25. The van der Waals surface area contributed by atoms with Crippen LogP contribution in [0.1, 0.15) is 25.0 Å². The minimum atomic E-state index is 0.0476. The number of hydrogen-bond acceptors (Lipinski definition) is 4. The number of carbonyl (C=O) groups excluding carboxylic acids is 1. The summed E-state index contributed by atoms with van der Waals surface area (Å²) in [6.07, 6.45) is 3.04. The Bertz CT molecular complexity index is 793. The average Bonchev–Trinajstić information content (AvgIpc) is 3.40. The van der Waals surface area contributed by atoms with Gasteiger partial charge in [0.05, 0.1) is 24.1 Å². The summed E-state index contributed by atoms with van der Waals surface area (Å²) in [7, 11) is 0. The number of amides is 1. The Morgan fingerprint density at radius 3 is 2.71 bits per heavy atom. The van der Waals surface area contributed by atoms with Crippen LogP contribution in [0.2, 0.25) is 5.02 Å². The number of ether oxygens (including phenoxy) is 1. The van der Waals surface area contributed by atoms with Crippen molar-refractivity contribution in [2.24, 2.45) is 11.8 Å². The summed E-state index contributed by atoms with van der Waals surface area (Å²) in [6.45, 7) is 4.92. The highest BCUT2D eigenvalue weighted by atomic mass is 35.5. The van der Waals surface area contributed by atoms with E-state index in [0.717, 1.165) is 62.5 Å². The van der Waals surface area contributed by atoms with E-state index in [2.05, 4.69) is 10.2 Å². The van der Waals surface area contributed by atoms with Crippen LogP contribution in [0.3, 0.4) is 0 Å². The molecule has 1 aromatic heterocycles. The summed E-state index contributed by atoms with van der Waals surface area (Å²) in [5.74, 6) is 2.53. The molecule has 0 aliphatic carbocycles. The number of benzene rings is 1. The zero-order chi connectivity index (χ0) is 19.3. The SMILES string of the molecule is O=C(NCC1CCN(Cc2ccc(-c3ccccc3Cl)o2)CC1)C1CCOC1. The quantitative estimate of drug-likeness (QED) is 0.794. The van der Waals surface area contributed by atoms with Gasteiger partial charge in [0.15, 0.2) is 0 Å². The fourth-order valence-corrected chi connectivity index (χ4v) is 4.20. The number of hydrogen-bond donors (Lipinski definition) is 1. The van der Waals surface area contributed by atoms with Crippen molar-refractivity contribution >= 4 is 17.5 Å². The Morgan fingerprint density at radius 2 is 1.96 bits per heavy atom. The minimum Gasteiger partial charge on any atom is -0.460 e. The van der Waals surface area contributed by atoms with Crippen LogP contribution in [-0.2, 0) is 16.1 Å². The summed E-state index contributed by atoms with van der Waals surface area (Å²) in [6, 6.07) is 11.8. The van der Waals surface area contributed by atoms with Crippen LogP contribution in [0.25, 0.3) is 11.3 Å². The minimum absolute atomic E-state index is 0.0476. The van der Waals surface area contributed by atoms with Crippen molar-refractivity contribution in [2.45, 2.75) is 25.8 Å².